The smallest absolute Gasteiger partial charge is 0.315 e. The maximum atomic E-state index is 12.1. The topological polar surface area (TPSA) is 52.3 Å². The van der Waals surface area contributed by atoms with Gasteiger partial charge in [0.15, 0.2) is 0 Å². The van der Waals surface area contributed by atoms with Gasteiger partial charge in [0.25, 0.3) is 0 Å². The van der Waals surface area contributed by atoms with E-state index < -0.39 is 15.7 Å². The Morgan fingerprint density at radius 3 is 2.59 bits per heavy atom. The average molecular weight is 340 g/mol. The lowest BCUT2D eigenvalue weighted by atomic mass is 10.1. The predicted octanol–water partition coefficient (Wildman–Crippen LogP) is 4.28. The number of nitrogens with zero attached hydrogens (tertiary/aromatic N) is 1. The fourth-order valence-electron chi connectivity index (χ4n) is 2.18. The maximum Gasteiger partial charge on any atom is 0.315 e. The molecule has 1 saturated carbocycles. The number of aryl methyl sites for hydroxylation is 1. The molecule has 1 atom stereocenters. The summed E-state index contributed by atoms with van der Waals surface area (Å²) in [6.07, 6.45) is 0.398. The Hall–Kier alpha value is -1.52. The van der Waals surface area contributed by atoms with E-state index in [0.717, 1.165) is 5.56 Å². The van der Waals surface area contributed by atoms with Crippen LogP contribution in [-0.2, 0) is 16.1 Å². The molecule has 4 nitrogen and oxygen atoms in total. The number of rotatable bonds is 4. The van der Waals surface area contributed by atoms with Gasteiger partial charge in [0.1, 0.15) is 27.8 Å². The molecule has 0 N–H and O–H groups in total. The fourth-order valence-corrected chi connectivity index (χ4v) is 2.87. The SMILES string of the molecule is Cc1oc(-c2ccccc2)nc1COC(=O)C1(C)CC1(Cl)Cl. The van der Waals surface area contributed by atoms with Crippen LogP contribution in [0.15, 0.2) is 34.7 Å². The molecule has 2 aromatic rings. The standard InChI is InChI=1S/C16H15Cl2NO3/c1-10-12(8-21-14(20)15(2)9-16(15,17)18)19-13(22-10)11-6-4-3-5-7-11/h3-7H,8-9H2,1-2H3. The molecule has 1 aliphatic carbocycles. The van der Waals surface area contributed by atoms with Gasteiger partial charge in [-0.05, 0) is 26.0 Å². The third-order valence-corrected chi connectivity index (χ3v) is 5.06. The van der Waals surface area contributed by atoms with Crippen molar-refractivity contribution >= 4 is 29.2 Å². The Morgan fingerprint density at radius 1 is 1.36 bits per heavy atom. The molecule has 116 valence electrons. The van der Waals surface area contributed by atoms with Gasteiger partial charge in [-0.25, -0.2) is 4.98 Å². The van der Waals surface area contributed by atoms with E-state index >= 15 is 0 Å². The second-order valence-electron chi connectivity index (χ2n) is 5.68. The number of carbonyl (C=O) groups excluding carboxylic acids is 1. The van der Waals surface area contributed by atoms with Crippen molar-refractivity contribution in [1.82, 2.24) is 4.98 Å². The largest absolute Gasteiger partial charge is 0.459 e. The number of aromatic nitrogens is 1. The first-order chi connectivity index (χ1) is 10.3. The highest BCUT2D eigenvalue weighted by Gasteiger charge is 2.69. The summed E-state index contributed by atoms with van der Waals surface area (Å²) in [5, 5.41) is 0. The van der Waals surface area contributed by atoms with Crippen LogP contribution in [-0.4, -0.2) is 15.3 Å². The van der Waals surface area contributed by atoms with Gasteiger partial charge >= 0.3 is 5.97 Å². The number of esters is 1. The number of carbonyl (C=O) groups is 1. The first-order valence-electron chi connectivity index (χ1n) is 6.90. The Balaban J connectivity index is 1.69. The molecule has 0 radical (unpaired) electrons. The molecule has 6 heteroatoms. The average Bonchev–Trinajstić information content (AvgIpc) is 2.82. The van der Waals surface area contributed by atoms with Gasteiger partial charge < -0.3 is 9.15 Å². The summed E-state index contributed by atoms with van der Waals surface area (Å²) in [7, 11) is 0. The first-order valence-corrected chi connectivity index (χ1v) is 7.66. The van der Waals surface area contributed by atoms with E-state index in [9.17, 15) is 4.79 Å². The van der Waals surface area contributed by atoms with Crippen LogP contribution >= 0.6 is 23.2 Å². The van der Waals surface area contributed by atoms with Gasteiger partial charge in [0.2, 0.25) is 5.89 Å². The Bertz CT molecular complexity index is 711. The van der Waals surface area contributed by atoms with Crippen LogP contribution in [0.2, 0.25) is 0 Å². The Labute approximate surface area is 138 Å². The Kier molecular flexibility index (Phi) is 3.69. The second kappa shape index (κ2) is 5.28. The summed E-state index contributed by atoms with van der Waals surface area (Å²) in [6, 6.07) is 9.54. The van der Waals surface area contributed by atoms with Crippen molar-refractivity contribution < 1.29 is 13.9 Å². The van der Waals surface area contributed by atoms with E-state index in [2.05, 4.69) is 4.98 Å². The summed E-state index contributed by atoms with van der Waals surface area (Å²) >= 11 is 11.9. The molecular weight excluding hydrogens is 325 g/mol. The third kappa shape index (κ3) is 2.61. The van der Waals surface area contributed by atoms with Gasteiger partial charge in [-0.1, -0.05) is 18.2 Å². The van der Waals surface area contributed by atoms with Gasteiger partial charge in [-0.2, -0.15) is 0 Å². The van der Waals surface area contributed by atoms with Crippen LogP contribution in [0.1, 0.15) is 24.8 Å². The molecule has 0 amide bonds. The summed E-state index contributed by atoms with van der Waals surface area (Å²) in [4.78, 5) is 16.4. The van der Waals surface area contributed by atoms with Crippen molar-refractivity contribution in [1.29, 1.82) is 0 Å². The van der Waals surface area contributed by atoms with Crippen LogP contribution in [0.3, 0.4) is 0 Å². The summed E-state index contributed by atoms with van der Waals surface area (Å²) in [5.41, 5.74) is 0.625. The lowest BCUT2D eigenvalue weighted by Crippen LogP contribution is -2.21. The monoisotopic (exact) mass is 339 g/mol. The second-order valence-corrected chi connectivity index (χ2v) is 7.16. The quantitative estimate of drug-likeness (QED) is 0.616. The molecular formula is C16H15Cl2NO3. The molecule has 3 rings (SSSR count). The summed E-state index contributed by atoms with van der Waals surface area (Å²) in [5.74, 6) is 0.711. The lowest BCUT2D eigenvalue weighted by Gasteiger charge is -2.10. The number of ether oxygens (including phenoxy) is 1. The van der Waals surface area contributed by atoms with Gasteiger partial charge in [-0.3, -0.25) is 4.79 Å². The van der Waals surface area contributed by atoms with E-state index in [4.69, 9.17) is 32.4 Å². The molecule has 0 aliphatic heterocycles. The molecule has 1 fully saturated rings. The van der Waals surface area contributed by atoms with E-state index in [0.29, 0.717) is 23.8 Å². The molecule has 1 aliphatic rings. The van der Waals surface area contributed by atoms with Gasteiger partial charge in [0, 0.05) is 12.0 Å². The van der Waals surface area contributed by atoms with E-state index in [1.165, 1.54) is 0 Å². The van der Waals surface area contributed by atoms with E-state index in [1.54, 1.807) is 13.8 Å². The minimum Gasteiger partial charge on any atom is -0.459 e. The number of alkyl halides is 2. The van der Waals surface area contributed by atoms with Gasteiger partial charge in [0.05, 0.1) is 0 Å². The maximum absolute atomic E-state index is 12.1. The molecule has 22 heavy (non-hydrogen) atoms. The van der Waals surface area contributed by atoms with Crippen LogP contribution in [0.5, 0.6) is 0 Å². The highest BCUT2D eigenvalue weighted by atomic mass is 35.5. The van der Waals surface area contributed by atoms with Crippen molar-refractivity contribution in [3.8, 4) is 11.5 Å². The molecule has 1 heterocycles. The van der Waals surface area contributed by atoms with E-state index in [1.807, 2.05) is 30.3 Å². The van der Waals surface area contributed by atoms with Crippen molar-refractivity contribution in [3.05, 3.63) is 41.8 Å². The first kappa shape index (κ1) is 15.4. The zero-order valence-electron chi connectivity index (χ0n) is 12.2. The molecule has 0 spiro atoms. The summed E-state index contributed by atoms with van der Waals surface area (Å²) < 4.78 is 9.88. The molecule has 0 saturated heterocycles. The van der Waals surface area contributed by atoms with Crippen LogP contribution in [0, 0.1) is 12.3 Å². The normalized spacial score (nSPS) is 22.4. The number of hydrogen-bond acceptors (Lipinski definition) is 4. The molecule has 1 aromatic heterocycles. The highest BCUT2D eigenvalue weighted by molar-refractivity contribution is 6.53. The predicted molar refractivity (Wildman–Crippen MR) is 83.6 cm³/mol. The minimum absolute atomic E-state index is 0.0421. The third-order valence-electron chi connectivity index (χ3n) is 3.96. The highest BCUT2D eigenvalue weighted by Crippen LogP contribution is 2.64. The van der Waals surface area contributed by atoms with Crippen molar-refractivity contribution in [3.63, 3.8) is 0 Å². The molecule has 1 unspecified atom stereocenters. The Morgan fingerprint density at radius 2 is 2.00 bits per heavy atom. The zero-order chi connectivity index (χ0) is 16.0. The molecule has 0 bridgehead atoms. The van der Waals surface area contributed by atoms with Crippen LogP contribution in [0.25, 0.3) is 11.5 Å². The van der Waals surface area contributed by atoms with Crippen LogP contribution < -0.4 is 0 Å². The van der Waals surface area contributed by atoms with Crippen molar-refractivity contribution in [2.45, 2.75) is 31.2 Å². The molecule has 1 aromatic carbocycles. The van der Waals surface area contributed by atoms with Crippen molar-refractivity contribution in [2.75, 3.05) is 0 Å². The minimum atomic E-state index is -1.03. The summed E-state index contributed by atoms with van der Waals surface area (Å²) in [6.45, 7) is 3.52. The van der Waals surface area contributed by atoms with Crippen LogP contribution in [0.4, 0.5) is 0 Å². The van der Waals surface area contributed by atoms with Crippen molar-refractivity contribution in [2.24, 2.45) is 5.41 Å². The number of benzene rings is 1. The fraction of sp³-hybridized carbons (Fsp3) is 0.375. The zero-order valence-corrected chi connectivity index (χ0v) is 13.7. The number of oxazole rings is 1. The lowest BCUT2D eigenvalue weighted by molar-refractivity contribution is -0.151. The van der Waals surface area contributed by atoms with E-state index in [-0.39, 0.29) is 6.61 Å². The number of halogens is 2. The number of hydrogen-bond donors (Lipinski definition) is 0. The van der Waals surface area contributed by atoms with Gasteiger partial charge in [-0.15, -0.1) is 23.2 Å².